The Morgan fingerprint density at radius 3 is 2.61 bits per heavy atom. The molecule has 1 aromatic carbocycles. The summed E-state index contributed by atoms with van der Waals surface area (Å²) in [5.41, 5.74) is 0.193. The van der Waals surface area contributed by atoms with E-state index in [1.165, 1.54) is 18.2 Å². The van der Waals surface area contributed by atoms with E-state index in [9.17, 15) is 23.6 Å². The second-order valence-electron chi connectivity index (χ2n) is 8.00. The normalized spacial score (nSPS) is 20.2. The highest BCUT2D eigenvalue weighted by molar-refractivity contribution is 6.30. The molecule has 1 saturated heterocycles. The van der Waals surface area contributed by atoms with Crippen LogP contribution in [-0.2, 0) is 19.2 Å². The van der Waals surface area contributed by atoms with E-state index in [2.05, 4.69) is 16.0 Å². The Morgan fingerprint density at radius 1 is 1.23 bits per heavy atom. The Labute approximate surface area is 184 Å². The number of nitrogens with one attached hydrogen (secondary N) is 3. The fourth-order valence-corrected chi connectivity index (χ4v) is 3.71. The molecule has 166 valence electrons. The van der Waals surface area contributed by atoms with Gasteiger partial charge in [-0.2, -0.15) is 0 Å². The lowest BCUT2D eigenvalue weighted by atomic mass is 9.98. The van der Waals surface area contributed by atoms with E-state index in [-0.39, 0.29) is 28.8 Å². The molecule has 1 aliphatic heterocycles. The molecule has 2 aliphatic rings. The summed E-state index contributed by atoms with van der Waals surface area (Å²) in [6.45, 7) is 0.559. The molecular formula is C22H25ClFN3O4. The maximum absolute atomic E-state index is 13.9. The van der Waals surface area contributed by atoms with Crippen molar-refractivity contribution in [2.24, 2.45) is 11.8 Å². The Balaban J connectivity index is 1.59. The van der Waals surface area contributed by atoms with Crippen LogP contribution < -0.4 is 16.0 Å². The van der Waals surface area contributed by atoms with E-state index in [0.29, 0.717) is 31.6 Å². The minimum absolute atomic E-state index is 0.122. The number of benzene rings is 1. The molecule has 2 unspecified atom stereocenters. The van der Waals surface area contributed by atoms with Crippen molar-refractivity contribution in [2.45, 2.75) is 44.2 Å². The average molecular weight is 450 g/mol. The van der Waals surface area contributed by atoms with E-state index < -0.39 is 29.7 Å². The van der Waals surface area contributed by atoms with Gasteiger partial charge in [0.05, 0.1) is 6.04 Å². The Bertz CT molecular complexity index is 888. The van der Waals surface area contributed by atoms with Crippen LogP contribution in [0.5, 0.6) is 0 Å². The van der Waals surface area contributed by atoms with E-state index in [1.54, 1.807) is 0 Å². The molecular weight excluding hydrogens is 425 g/mol. The van der Waals surface area contributed by atoms with Gasteiger partial charge in [-0.3, -0.25) is 14.4 Å². The lowest BCUT2D eigenvalue weighted by molar-refractivity contribution is -0.129. The molecule has 0 radical (unpaired) electrons. The number of hydrogen-bond donors (Lipinski definition) is 3. The lowest BCUT2D eigenvalue weighted by Gasteiger charge is -2.21. The molecule has 3 atom stereocenters. The molecule has 31 heavy (non-hydrogen) atoms. The molecule has 3 amide bonds. The number of carbonyl (C=O) groups excluding carboxylic acids is 4. The molecule has 1 aliphatic carbocycles. The van der Waals surface area contributed by atoms with Gasteiger partial charge in [0.25, 0.3) is 0 Å². The first kappa shape index (κ1) is 22.9. The van der Waals surface area contributed by atoms with Gasteiger partial charge in [-0.15, -0.1) is 0 Å². The van der Waals surface area contributed by atoms with E-state index >= 15 is 0 Å². The van der Waals surface area contributed by atoms with Crippen LogP contribution in [0.3, 0.4) is 0 Å². The second kappa shape index (κ2) is 10.5. The van der Waals surface area contributed by atoms with Crippen molar-refractivity contribution >= 4 is 41.7 Å². The number of amides is 3. The van der Waals surface area contributed by atoms with Gasteiger partial charge in [0.2, 0.25) is 17.7 Å². The molecule has 0 spiro atoms. The van der Waals surface area contributed by atoms with Gasteiger partial charge in [-0.1, -0.05) is 30.5 Å². The largest absolute Gasteiger partial charge is 0.356 e. The smallest absolute Gasteiger partial charge is 0.244 e. The summed E-state index contributed by atoms with van der Waals surface area (Å²) in [5, 5.41) is 8.23. The molecule has 9 heteroatoms. The highest BCUT2D eigenvalue weighted by atomic mass is 35.5. The monoisotopic (exact) mass is 449 g/mol. The van der Waals surface area contributed by atoms with Crippen LogP contribution in [0, 0.1) is 17.7 Å². The first-order chi connectivity index (χ1) is 14.9. The summed E-state index contributed by atoms with van der Waals surface area (Å²) in [5.74, 6) is -1.68. The van der Waals surface area contributed by atoms with Gasteiger partial charge in [-0.25, -0.2) is 4.39 Å². The van der Waals surface area contributed by atoms with Crippen LogP contribution in [0.15, 0.2) is 24.3 Å². The van der Waals surface area contributed by atoms with Crippen LogP contribution in [0.25, 0.3) is 6.08 Å². The van der Waals surface area contributed by atoms with E-state index in [4.69, 9.17) is 11.6 Å². The zero-order valence-corrected chi connectivity index (χ0v) is 17.7. The second-order valence-corrected chi connectivity index (χ2v) is 8.44. The predicted octanol–water partition coefficient (Wildman–Crippen LogP) is 1.99. The quantitative estimate of drug-likeness (QED) is 0.375. The number of hydrogen-bond acceptors (Lipinski definition) is 4. The topological polar surface area (TPSA) is 104 Å². The average Bonchev–Trinajstić information content (AvgIpc) is 3.46. The van der Waals surface area contributed by atoms with Crippen LogP contribution in [-0.4, -0.2) is 42.6 Å². The number of carbonyl (C=O) groups is 4. The summed E-state index contributed by atoms with van der Waals surface area (Å²) in [6.07, 6.45) is 6.32. The molecule has 0 bridgehead atoms. The first-order valence-electron chi connectivity index (χ1n) is 10.3. The van der Waals surface area contributed by atoms with E-state index in [1.807, 2.05) is 0 Å². The predicted molar refractivity (Wildman–Crippen MR) is 113 cm³/mol. The van der Waals surface area contributed by atoms with Crippen molar-refractivity contribution in [1.82, 2.24) is 16.0 Å². The Hall–Kier alpha value is -2.74. The number of aldehydes is 1. The van der Waals surface area contributed by atoms with E-state index in [0.717, 1.165) is 25.0 Å². The van der Waals surface area contributed by atoms with Gasteiger partial charge in [0.15, 0.2) is 0 Å². The molecule has 1 saturated carbocycles. The van der Waals surface area contributed by atoms with Crippen molar-refractivity contribution in [3.05, 3.63) is 40.7 Å². The van der Waals surface area contributed by atoms with Gasteiger partial charge in [0.1, 0.15) is 18.1 Å². The fourth-order valence-electron chi connectivity index (χ4n) is 3.55. The highest BCUT2D eigenvalue weighted by Crippen LogP contribution is 2.33. The molecule has 0 aromatic heterocycles. The Morgan fingerprint density at radius 2 is 2.00 bits per heavy atom. The van der Waals surface area contributed by atoms with Crippen LogP contribution in [0.1, 0.15) is 37.7 Å². The lowest BCUT2D eigenvalue weighted by Crippen LogP contribution is -2.50. The minimum Gasteiger partial charge on any atom is -0.356 e. The maximum atomic E-state index is 13.9. The van der Waals surface area contributed by atoms with Crippen molar-refractivity contribution < 1.29 is 23.6 Å². The standard InChI is InChI=1S/C22H25ClFN3O4/c23-16-5-3-14(18(24)11-16)4-6-20(29)27-19(9-13-1-2-13)22(31)26-17(12-28)10-15-7-8-25-21(15)30/h3-6,11-13,15,17,19H,1-2,7-10H2,(H,25,30)(H,26,31)(H,27,29)/b6-4+/t15-,17?,19?/m0/s1. The number of halogens is 2. The summed E-state index contributed by atoms with van der Waals surface area (Å²) in [4.78, 5) is 48.3. The molecule has 3 N–H and O–H groups in total. The maximum Gasteiger partial charge on any atom is 0.244 e. The third kappa shape index (κ3) is 6.89. The molecule has 3 rings (SSSR count). The van der Waals surface area contributed by atoms with Crippen LogP contribution in [0.4, 0.5) is 4.39 Å². The highest BCUT2D eigenvalue weighted by Gasteiger charge is 2.32. The van der Waals surface area contributed by atoms with Crippen LogP contribution in [0.2, 0.25) is 5.02 Å². The van der Waals surface area contributed by atoms with Crippen LogP contribution >= 0.6 is 11.6 Å². The minimum atomic E-state index is -0.820. The zero-order chi connectivity index (χ0) is 22.4. The van der Waals surface area contributed by atoms with Crippen molar-refractivity contribution in [2.75, 3.05) is 6.54 Å². The summed E-state index contributed by atoms with van der Waals surface area (Å²) in [6, 6.07) is 2.48. The SMILES string of the molecule is O=CC(C[C@@H]1CCNC1=O)NC(=O)C(CC1CC1)NC(=O)/C=C/c1ccc(Cl)cc1F. The van der Waals surface area contributed by atoms with Crippen molar-refractivity contribution in [3.63, 3.8) is 0 Å². The van der Waals surface area contributed by atoms with Gasteiger partial charge >= 0.3 is 0 Å². The molecule has 1 heterocycles. The third-order valence-electron chi connectivity index (χ3n) is 5.47. The van der Waals surface area contributed by atoms with Gasteiger partial charge in [-0.05, 0) is 43.4 Å². The van der Waals surface area contributed by atoms with Gasteiger partial charge in [0, 0.05) is 29.1 Å². The third-order valence-corrected chi connectivity index (χ3v) is 5.70. The zero-order valence-electron chi connectivity index (χ0n) is 16.9. The first-order valence-corrected chi connectivity index (χ1v) is 10.7. The number of rotatable bonds is 10. The van der Waals surface area contributed by atoms with Crippen molar-refractivity contribution in [3.8, 4) is 0 Å². The summed E-state index contributed by atoms with van der Waals surface area (Å²) in [7, 11) is 0. The summed E-state index contributed by atoms with van der Waals surface area (Å²) >= 11 is 5.72. The summed E-state index contributed by atoms with van der Waals surface area (Å²) < 4.78 is 13.9. The Kier molecular flexibility index (Phi) is 7.79. The fraction of sp³-hybridized carbons (Fsp3) is 0.455. The molecule has 2 fully saturated rings. The molecule has 1 aromatic rings. The van der Waals surface area contributed by atoms with Gasteiger partial charge < -0.3 is 20.7 Å². The van der Waals surface area contributed by atoms with Crippen molar-refractivity contribution in [1.29, 1.82) is 0 Å². The molecule has 7 nitrogen and oxygen atoms in total.